The fraction of sp³-hybridized carbons (Fsp3) is 0.533. The van der Waals surface area contributed by atoms with Gasteiger partial charge >= 0.3 is 0 Å². The molecule has 0 amide bonds. The Morgan fingerprint density at radius 3 is 2.54 bits per heavy atom. The van der Waals surface area contributed by atoms with Crippen molar-refractivity contribution in [3.63, 3.8) is 0 Å². The van der Waals surface area contributed by atoms with E-state index in [1.54, 1.807) is 13.2 Å². The molecule has 9 heteroatoms. The van der Waals surface area contributed by atoms with Crippen LogP contribution >= 0.6 is 24.0 Å². The average molecular weight is 446 g/mol. The molecule has 0 radical (unpaired) electrons. The van der Waals surface area contributed by atoms with Gasteiger partial charge in [0.2, 0.25) is 0 Å². The van der Waals surface area contributed by atoms with Gasteiger partial charge in [-0.2, -0.15) is 10.2 Å². The second-order valence-corrected chi connectivity index (χ2v) is 5.68. The highest BCUT2D eigenvalue weighted by Gasteiger charge is 2.16. The normalized spacial score (nSPS) is 12.8. The number of hydrogen-bond donors (Lipinski definition) is 2. The van der Waals surface area contributed by atoms with Gasteiger partial charge in [0.1, 0.15) is 0 Å². The van der Waals surface area contributed by atoms with E-state index in [0.29, 0.717) is 6.54 Å². The molecule has 0 aliphatic heterocycles. The average Bonchev–Trinajstić information content (AvgIpc) is 3.11. The number of rotatable bonds is 6. The van der Waals surface area contributed by atoms with Gasteiger partial charge in [-0.3, -0.25) is 14.4 Å². The molecule has 8 nitrogen and oxygen atoms in total. The largest absolute Gasteiger partial charge is 0.354 e. The molecule has 134 valence electrons. The molecular formula is C15H27IN8. The molecule has 0 saturated heterocycles. The minimum absolute atomic E-state index is 0. The van der Waals surface area contributed by atoms with Crippen LogP contribution in [-0.2, 0) is 20.6 Å². The molecule has 0 aromatic carbocycles. The van der Waals surface area contributed by atoms with E-state index in [4.69, 9.17) is 0 Å². The summed E-state index contributed by atoms with van der Waals surface area (Å²) in [4.78, 5) is 6.44. The molecule has 1 atom stereocenters. The topological polar surface area (TPSA) is 75.3 Å². The van der Waals surface area contributed by atoms with Crippen LogP contribution in [-0.4, -0.2) is 58.1 Å². The van der Waals surface area contributed by atoms with Gasteiger partial charge in [-0.1, -0.05) is 0 Å². The van der Waals surface area contributed by atoms with Crippen LogP contribution in [0.4, 0.5) is 0 Å². The molecule has 2 N–H and O–H groups in total. The number of hydrogen-bond acceptors (Lipinski definition) is 4. The lowest BCUT2D eigenvalue weighted by Crippen LogP contribution is -2.41. The first-order valence-electron chi connectivity index (χ1n) is 7.57. The first-order valence-corrected chi connectivity index (χ1v) is 7.57. The zero-order chi connectivity index (χ0) is 16.8. The van der Waals surface area contributed by atoms with Gasteiger partial charge in [-0.15, -0.1) is 24.0 Å². The maximum absolute atomic E-state index is 4.27. The lowest BCUT2D eigenvalue weighted by Gasteiger charge is -2.24. The second kappa shape index (κ2) is 9.62. The van der Waals surface area contributed by atoms with E-state index in [1.165, 1.54) is 5.56 Å². The molecule has 0 aliphatic rings. The third-order valence-electron chi connectivity index (χ3n) is 3.78. The molecule has 2 aromatic rings. The van der Waals surface area contributed by atoms with Gasteiger partial charge in [0.25, 0.3) is 0 Å². The Morgan fingerprint density at radius 1 is 1.29 bits per heavy atom. The Bertz CT molecular complexity index is 645. The van der Waals surface area contributed by atoms with Crippen molar-refractivity contribution >= 4 is 29.9 Å². The molecule has 2 aromatic heterocycles. The number of halogens is 1. The van der Waals surface area contributed by atoms with E-state index in [2.05, 4.69) is 44.8 Å². The number of likely N-dealkylation sites (N-methyl/N-ethyl adjacent to an activating group) is 1. The predicted octanol–water partition coefficient (Wildman–Crippen LogP) is 0.740. The maximum atomic E-state index is 4.27. The Labute approximate surface area is 160 Å². The number of guanidine groups is 1. The molecule has 0 fully saturated rings. The molecule has 0 saturated carbocycles. The standard InChI is InChI=1S/C15H26N8.HI/c1-16-15(17-9-13-6-7-19-23(13)5)18-10-14(21(2)3)12-8-20-22(4)11-12;/h6-8,11,14H,9-10H2,1-5H3,(H2,16,17,18);1H. The van der Waals surface area contributed by atoms with Crippen LogP contribution in [0.2, 0.25) is 0 Å². The van der Waals surface area contributed by atoms with Gasteiger partial charge < -0.3 is 15.5 Å². The molecule has 1 unspecified atom stereocenters. The summed E-state index contributed by atoms with van der Waals surface area (Å²) >= 11 is 0. The van der Waals surface area contributed by atoms with E-state index in [-0.39, 0.29) is 30.0 Å². The third kappa shape index (κ3) is 5.48. The van der Waals surface area contributed by atoms with Crippen molar-refractivity contribution < 1.29 is 0 Å². The Kier molecular flexibility index (Phi) is 8.19. The smallest absolute Gasteiger partial charge is 0.191 e. The van der Waals surface area contributed by atoms with E-state index in [9.17, 15) is 0 Å². The monoisotopic (exact) mass is 446 g/mol. The van der Waals surface area contributed by atoms with E-state index < -0.39 is 0 Å². The summed E-state index contributed by atoms with van der Waals surface area (Å²) in [6.07, 6.45) is 5.73. The Morgan fingerprint density at radius 2 is 2.04 bits per heavy atom. The highest BCUT2D eigenvalue weighted by Crippen LogP contribution is 2.15. The van der Waals surface area contributed by atoms with Gasteiger partial charge in [-0.05, 0) is 20.2 Å². The van der Waals surface area contributed by atoms with Crippen molar-refractivity contribution in [1.82, 2.24) is 35.1 Å². The number of nitrogens with zero attached hydrogens (tertiary/aromatic N) is 6. The van der Waals surface area contributed by atoms with E-state index in [0.717, 1.165) is 18.2 Å². The Hall–Kier alpha value is -1.62. The summed E-state index contributed by atoms with van der Waals surface area (Å²) in [6.45, 7) is 1.42. The second-order valence-electron chi connectivity index (χ2n) is 5.68. The van der Waals surface area contributed by atoms with Crippen molar-refractivity contribution in [3.8, 4) is 0 Å². The molecule has 0 aliphatic carbocycles. The van der Waals surface area contributed by atoms with Crippen LogP contribution < -0.4 is 10.6 Å². The fourth-order valence-corrected chi connectivity index (χ4v) is 2.37. The number of aromatic nitrogens is 4. The highest BCUT2D eigenvalue weighted by atomic mass is 127. The molecule has 0 bridgehead atoms. The van der Waals surface area contributed by atoms with Crippen molar-refractivity contribution in [1.29, 1.82) is 0 Å². The van der Waals surface area contributed by atoms with Crippen molar-refractivity contribution in [2.24, 2.45) is 19.1 Å². The quantitative estimate of drug-likeness (QED) is 0.389. The van der Waals surface area contributed by atoms with Gasteiger partial charge in [0.05, 0.1) is 24.5 Å². The van der Waals surface area contributed by atoms with Crippen LogP contribution in [0.25, 0.3) is 0 Å². The van der Waals surface area contributed by atoms with E-state index in [1.807, 2.05) is 41.9 Å². The van der Waals surface area contributed by atoms with Crippen molar-refractivity contribution in [2.45, 2.75) is 12.6 Å². The molecule has 2 rings (SSSR count). The summed E-state index contributed by atoms with van der Waals surface area (Å²) in [7, 11) is 9.75. The number of nitrogens with one attached hydrogen (secondary N) is 2. The van der Waals surface area contributed by atoms with Gasteiger partial charge in [-0.25, -0.2) is 0 Å². The van der Waals surface area contributed by atoms with Gasteiger partial charge in [0.15, 0.2) is 5.96 Å². The Balaban J connectivity index is 0.00000288. The lowest BCUT2D eigenvalue weighted by atomic mass is 10.1. The molecule has 24 heavy (non-hydrogen) atoms. The van der Waals surface area contributed by atoms with Crippen LogP contribution in [0, 0.1) is 0 Å². The van der Waals surface area contributed by atoms with Crippen LogP contribution in [0.15, 0.2) is 29.6 Å². The summed E-state index contributed by atoms with van der Waals surface area (Å²) in [6, 6.07) is 2.21. The predicted molar refractivity (Wildman–Crippen MR) is 106 cm³/mol. The minimum atomic E-state index is 0. The van der Waals surface area contributed by atoms with Crippen LogP contribution in [0.3, 0.4) is 0 Å². The van der Waals surface area contributed by atoms with Crippen LogP contribution in [0.5, 0.6) is 0 Å². The number of aryl methyl sites for hydroxylation is 2. The maximum Gasteiger partial charge on any atom is 0.191 e. The fourth-order valence-electron chi connectivity index (χ4n) is 2.37. The lowest BCUT2D eigenvalue weighted by molar-refractivity contribution is 0.298. The SMILES string of the molecule is CN=C(NCc1ccnn1C)NCC(c1cnn(C)c1)N(C)C.I. The minimum Gasteiger partial charge on any atom is -0.354 e. The van der Waals surface area contributed by atoms with Gasteiger partial charge in [0, 0.05) is 45.6 Å². The third-order valence-corrected chi connectivity index (χ3v) is 3.78. The molecule has 0 spiro atoms. The molecular weight excluding hydrogens is 419 g/mol. The summed E-state index contributed by atoms with van der Waals surface area (Å²) < 4.78 is 3.67. The molecule has 2 heterocycles. The summed E-state index contributed by atoms with van der Waals surface area (Å²) in [5.74, 6) is 0.766. The zero-order valence-corrected chi connectivity index (χ0v) is 17.2. The summed E-state index contributed by atoms with van der Waals surface area (Å²) in [5, 5.41) is 15.1. The van der Waals surface area contributed by atoms with Crippen LogP contribution in [0.1, 0.15) is 17.3 Å². The van der Waals surface area contributed by atoms with Crippen molar-refractivity contribution in [3.05, 3.63) is 35.9 Å². The first kappa shape index (κ1) is 20.4. The van der Waals surface area contributed by atoms with E-state index >= 15 is 0 Å². The van der Waals surface area contributed by atoms with Crippen molar-refractivity contribution in [2.75, 3.05) is 27.7 Å². The number of aliphatic imine (C=N–C) groups is 1. The zero-order valence-electron chi connectivity index (χ0n) is 14.9. The summed E-state index contributed by atoms with van der Waals surface area (Å²) in [5.41, 5.74) is 2.27. The highest BCUT2D eigenvalue weighted by molar-refractivity contribution is 14.0. The first-order chi connectivity index (χ1) is 11.0.